The summed E-state index contributed by atoms with van der Waals surface area (Å²) in [5, 5.41) is 4.95. The number of nitrogens with one attached hydrogen (secondary N) is 2. The van der Waals surface area contributed by atoms with E-state index in [4.69, 9.17) is 23.2 Å². The Labute approximate surface area is 144 Å². The second kappa shape index (κ2) is 7.11. The summed E-state index contributed by atoms with van der Waals surface area (Å²) in [5.74, 6) is -2.08. The molecule has 0 atom stereocenters. The number of carbonyl (C=O) groups excluding carboxylic acids is 2. The molecule has 24 heavy (non-hydrogen) atoms. The van der Waals surface area contributed by atoms with Crippen molar-refractivity contribution in [2.24, 2.45) is 0 Å². The van der Waals surface area contributed by atoms with E-state index in [1.165, 1.54) is 18.2 Å². The number of alkyl halides is 3. The van der Waals surface area contributed by atoms with Crippen LogP contribution in [0, 0.1) is 0 Å². The molecule has 2 aromatic carbocycles. The number of amides is 2. The summed E-state index contributed by atoms with van der Waals surface area (Å²) in [7, 11) is 0. The summed E-state index contributed by atoms with van der Waals surface area (Å²) in [6.07, 6.45) is -4.48. The maximum absolute atomic E-state index is 12.4. The summed E-state index contributed by atoms with van der Waals surface area (Å²) < 4.78 is 37.3. The van der Waals surface area contributed by atoms with Crippen molar-refractivity contribution in [2.45, 2.75) is 6.18 Å². The van der Waals surface area contributed by atoms with Crippen LogP contribution < -0.4 is 10.6 Å². The maximum Gasteiger partial charge on any atom is 0.416 e. The van der Waals surface area contributed by atoms with Crippen molar-refractivity contribution >= 4 is 46.4 Å². The van der Waals surface area contributed by atoms with E-state index >= 15 is 0 Å². The van der Waals surface area contributed by atoms with Crippen molar-refractivity contribution in [2.75, 3.05) is 10.6 Å². The smallest absolute Gasteiger partial charge is 0.318 e. The zero-order valence-corrected chi connectivity index (χ0v) is 13.3. The SMILES string of the molecule is O=C(Nc1ccc(C(F)(F)F)cc1)C(=O)Nc1ccc(Cl)cc1Cl. The Hall–Kier alpha value is -2.25. The second-order valence-electron chi connectivity index (χ2n) is 4.61. The molecule has 0 aromatic heterocycles. The van der Waals surface area contributed by atoms with Crippen LogP contribution in [0.15, 0.2) is 42.5 Å². The maximum atomic E-state index is 12.4. The molecule has 2 rings (SSSR count). The average Bonchev–Trinajstić information content (AvgIpc) is 2.49. The van der Waals surface area contributed by atoms with Crippen molar-refractivity contribution in [3.63, 3.8) is 0 Å². The Morgan fingerprint density at radius 3 is 2.00 bits per heavy atom. The third-order valence-electron chi connectivity index (χ3n) is 2.86. The molecular weight excluding hydrogens is 368 g/mol. The molecule has 0 aliphatic heterocycles. The third kappa shape index (κ3) is 4.62. The topological polar surface area (TPSA) is 58.2 Å². The van der Waals surface area contributed by atoms with Gasteiger partial charge in [0.1, 0.15) is 0 Å². The fourth-order valence-electron chi connectivity index (χ4n) is 1.70. The van der Waals surface area contributed by atoms with Crippen LogP contribution in [0.4, 0.5) is 24.5 Å². The first-order chi connectivity index (χ1) is 11.2. The molecule has 0 radical (unpaired) electrons. The van der Waals surface area contributed by atoms with Gasteiger partial charge in [0.15, 0.2) is 0 Å². The number of anilines is 2. The van der Waals surface area contributed by atoms with Crippen LogP contribution in [0.3, 0.4) is 0 Å². The molecule has 0 heterocycles. The average molecular weight is 377 g/mol. The zero-order valence-electron chi connectivity index (χ0n) is 11.7. The van der Waals surface area contributed by atoms with Crippen molar-refractivity contribution in [3.05, 3.63) is 58.1 Å². The molecule has 2 aromatic rings. The van der Waals surface area contributed by atoms with Crippen molar-refractivity contribution in [3.8, 4) is 0 Å². The summed E-state index contributed by atoms with van der Waals surface area (Å²) >= 11 is 11.6. The van der Waals surface area contributed by atoms with Crippen LogP contribution in [0.5, 0.6) is 0 Å². The number of benzene rings is 2. The largest absolute Gasteiger partial charge is 0.416 e. The molecule has 4 nitrogen and oxygen atoms in total. The van der Waals surface area contributed by atoms with Gasteiger partial charge in [-0.25, -0.2) is 0 Å². The van der Waals surface area contributed by atoms with Gasteiger partial charge in [0.05, 0.1) is 16.3 Å². The molecule has 0 bridgehead atoms. The van der Waals surface area contributed by atoms with Gasteiger partial charge >= 0.3 is 18.0 Å². The Kier molecular flexibility index (Phi) is 5.36. The van der Waals surface area contributed by atoms with E-state index in [0.717, 1.165) is 24.3 Å². The first-order valence-corrected chi connectivity index (χ1v) is 7.17. The number of rotatable bonds is 2. The van der Waals surface area contributed by atoms with Crippen LogP contribution in [0.25, 0.3) is 0 Å². The zero-order chi connectivity index (χ0) is 17.9. The minimum Gasteiger partial charge on any atom is -0.318 e. The molecule has 0 saturated heterocycles. The lowest BCUT2D eigenvalue weighted by molar-refractivity contribution is -0.137. The molecule has 0 aliphatic carbocycles. The Morgan fingerprint density at radius 2 is 1.46 bits per heavy atom. The fraction of sp³-hybridized carbons (Fsp3) is 0.0667. The van der Waals surface area contributed by atoms with Crippen molar-refractivity contribution < 1.29 is 22.8 Å². The summed E-state index contributed by atoms with van der Waals surface area (Å²) in [6.45, 7) is 0. The molecule has 0 unspecified atom stereocenters. The normalized spacial score (nSPS) is 11.0. The highest BCUT2D eigenvalue weighted by atomic mass is 35.5. The lowest BCUT2D eigenvalue weighted by atomic mass is 10.2. The number of hydrogen-bond acceptors (Lipinski definition) is 2. The Bertz CT molecular complexity index is 777. The van der Waals surface area contributed by atoms with Crippen molar-refractivity contribution in [1.82, 2.24) is 0 Å². The molecular formula is C15H9Cl2F3N2O2. The van der Waals surface area contributed by atoms with Crippen LogP contribution in [0.1, 0.15) is 5.56 Å². The quantitative estimate of drug-likeness (QED) is 0.753. The Morgan fingerprint density at radius 1 is 0.875 bits per heavy atom. The molecule has 2 N–H and O–H groups in total. The fourth-order valence-corrected chi connectivity index (χ4v) is 2.16. The van der Waals surface area contributed by atoms with E-state index in [2.05, 4.69) is 10.6 Å². The summed E-state index contributed by atoms with van der Waals surface area (Å²) in [6, 6.07) is 7.94. The van der Waals surface area contributed by atoms with E-state index in [-0.39, 0.29) is 16.4 Å². The van der Waals surface area contributed by atoms with Crippen LogP contribution in [-0.4, -0.2) is 11.8 Å². The first kappa shape index (κ1) is 18.1. The molecule has 2 amide bonds. The van der Waals surface area contributed by atoms with Gasteiger partial charge < -0.3 is 10.6 Å². The lowest BCUT2D eigenvalue weighted by Crippen LogP contribution is -2.29. The van der Waals surface area contributed by atoms with E-state index in [1.807, 2.05) is 0 Å². The van der Waals surface area contributed by atoms with Crippen LogP contribution in [-0.2, 0) is 15.8 Å². The monoisotopic (exact) mass is 376 g/mol. The predicted molar refractivity (Wildman–Crippen MR) is 85.2 cm³/mol. The summed E-state index contributed by atoms with van der Waals surface area (Å²) in [4.78, 5) is 23.5. The van der Waals surface area contributed by atoms with Gasteiger partial charge in [-0.3, -0.25) is 9.59 Å². The highest BCUT2D eigenvalue weighted by molar-refractivity contribution is 6.45. The van der Waals surface area contributed by atoms with E-state index in [1.54, 1.807) is 0 Å². The van der Waals surface area contributed by atoms with Crippen LogP contribution in [0.2, 0.25) is 10.0 Å². The minimum atomic E-state index is -4.48. The van der Waals surface area contributed by atoms with Gasteiger partial charge in [-0.1, -0.05) is 23.2 Å². The summed E-state index contributed by atoms with van der Waals surface area (Å²) in [5.41, 5.74) is -0.642. The van der Waals surface area contributed by atoms with E-state index < -0.39 is 23.6 Å². The van der Waals surface area contributed by atoms with Crippen LogP contribution >= 0.6 is 23.2 Å². The third-order valence-corrected chi connectivity index (χ3v) is 3.40. The lowest BCUT2D eigenvalue weighted by Gasteiger charge is -2.10. The van der Waals surface area contributed by atoms with Gasteiger partial charge in [0.25, 0.3) is 0 Å². The molecule has 0 aliphatic rings. The molecule has 0 saturated carbocycles. The van der Waals surface area contributed by atoms with E-state index in [0.29, 0.717) is 5.02 Å². The van der Waals surface area contributed by atoms with Gasteiger partial charge in [-0.2, -0.15) is 13.2 Å². The highest BCUT2D eigenvalue weighted by Crippen LogP contribution is 2.30. The first-order valence-electron chi connectivity index (χ1n) is 6.41. The van der Waals surface area contributed by atoms with E-state index in [9.17, 15) is 22.8 Å². The molecule has 0 spiro atoms. The van der Waals surface area contributed by atoms with Gasteiger partial charge in [0.2, 0.25) is 0 Å². The standard InChI is InChI=1S/C15H9Cl2F3N2O2/c16-9-3-6-12(11(17)7-9)22-14(24)13(23)21-10-4-1-8(2-5-10)15(18,19)20/h1-7H,(H,21,23)(H,22,24). The molecule has 0 fully saturated rings. The predicted octanol–water partition coefficient (Wildman–Crippen LogP) is 4.59. The van der Waals surface area contributed by atoms with Gasteiger partial charge in [-0.15, -0.1) is 0 Å². The number of halogens is 5. The molecule has 126 valence electrons. The van der Waals surface area contributed by atoms with Gasteiger partial charge in [0, 0.05) is 10.7 Å². The molecule has 9 heteroatoms. The second-order valence-corrected chi connectivity index (χ2v) is 5.45. The van der Waals surface area contributed by atoms with Crippen molar-refractivity contribution in [1.29, 1.82) is 0 Å². The highest BCUT2D eigenvalue weighted by Gasteiger charge is 2.30. The minimum absolute atomic E-state index is 0.0466. The van der Waals surface area contributed by atoms with Gasteiger partial charge in [-0.05, 0) is 42.5 Å². The number of carbonyl (C=O) groups is 2. The number of hydrogen-bond donors (Lipinski definition) is 2. The Balaban J connectivity index is 2.02.